The van der Waals surface area contributed by atoms with Crippen LogP contribution in [0.2, 0.25) is 0 Å². The van der Waals surface area contributed by atoms with Crippen LogP contribution >= 0.6 is 39.9 Å². The zero-order valence-corrected chi connectivity index (χ0v) is 23.6. The lowest BCUT2D eigenvalue weighted by molar-refractivity contribution is -0.134. The molecule has 8 nitrogen and oxygen atoms in total. The average Bonchev–Trinajstić information content (AvgIpc) is 3.15. The minimum Gasteiger partial charge on any atom is -0.493 e. The van der Waals surface area contributed by atoms with Crippen molar-refractivity contribution in [2.24, 2.45) is 0 Å². The van der Waals surface area contributed by atoms with Crippen LogP contribution in [-0.2, 0) is 9.59 Å². The third-order valence-electron chi connectivity index (χ3n) is 5.92. The van der Waals surface area contributed by atoms with Gasteiger partial charge in [0.25, 0.3) is 17.7 Å². The molecule has 2 saturated heterocycles. The number of ether oxygens (including phenoxy) is 2. The summed E-state index contributed by atoms with van der Waals surface area (Å²) in [5.41, 5.74) is 4.68. The standard InChI is InChI=1S/C26H26BrN3O5S2/c1-16-6-8-18(9-7-16)24(32)28-30-25(33)21(37-26(30)36)14-17-12-19(27)23(20(13-17)34-2)35-15-22(31)29-10-4-3-5-11-29/h6-9,12-14H,3-5,10-11,15H2,1-2H3,(H,28,32)/b21-14+. The first-order valence-corrected chi connectivity index (χ1v) is 13.7. The highest BCUT2D eigenvalue weighted by molar-refractivity contribution is 9.10. The lowest BCUT2D eigenvalue weighted by Gasteiger charge is -2.26. The molecule has 0 aromatic heterocycles. The largest absolute Gasteiger partial charge is 0.493 e. The Morgan fingerprint density at radius 2 is 1.86 bits per heavy atom. The number of rotatable bonds is 7. The van der Waals surface area contributed by atoms with Gasteiger partial charge in [0, 0.05) is 18.7 Å². The van der Waals surface area contributed by atoms with E-state index < -0.39 is 11.8 Å². The fourth-order valence-corrected chi connectivity index (χ4v) is 5.67. The number of thiocarbonyl (C=S) groups is 1. The minimum atomic E-state index is -0.432. The van der Waals surface area contributed by atoms with E-state index >= 15 is 0 Å². The second-order valence-electron chi connectivity index (χ2n) is 8.59. The number of benzene rings is 2. The molecule has 2 heterocycles. The molecule has 0 saturated carbocycles. The summed E-state index contributed by atoms with van der Waals surface area (Å²) in [4.78, 5) is 40.3. The zero-order valence-electron chi connectivity index (χ0n) is 20.4. The molecule has 2 fully saturated rings. The topological polar surface area (TPSA) is 88.2 Å². The number of methoxy groups -OCH3 is 1. The van der Waals surface area contributed by atoms with Gasteiger partial charge in [-0.05, 0) is 90.2 Å². The number of aryl methyl sites for hydroxylation is 1. The van der Waals surface area contributed by atoms with Crippen molar-refractivity contribution in [1.82, 2.24) is 15.3 Å². The fourth-order valence-electron chi connectivity index (χ4n) is 3.92. The molecule has 0 spiro atoms. The van der Waals surface area contributed by atoms with E-state index in [1.165, 1.54) is 7.11 Å². The first-order valence-electron chi connectivity index (χ1n) is 11.7. The van der Waals surface area contributed by atoms with Gasteiger partial charge in [-0.3, -0.25) is 19.8 Å². The smallest absolute Gasteiger partial charge is 0.285 e. The van der Waals surface area contributed by atoms with Gasteiger partial charge in [-0.2, -0.15) is 5.01 Å². The highest BCUT2D eigenvalue weighted by Gasteiger charge is 2.34. The Labute approximate surface area is 233 Å². The second-order valence-corrected chi connectivity index (χ2v) is 11.1. The number of halogens is 1. The number of nitrogens with zero attached hydrogens (tertiary/aromatic N) is 2. The molecule has 0 atom stereocenters. The second kappa shape index (κ2) is 12.1. The number of nitrogens with one attached hydrogen (secondary N) is 1. The third-order valence-corrected chi connectivity index (χ3v) is 7.81. The van der Waals surface area contributed by atoms with E-state index in [0.29, 0.717) is 32.0 Å². The van der Waals surface area contributed by atoms with Crippen LogP contribution < -0.4 is 14.9 Å². The van der Waals surface area contributed by atoms with Crippen molar-refractivity contribution in [3.8, 4) is 11.5 Å². The lowest BCUT2D eigenvalue weighted by Crippen LogP contribution is -2.44. The number of hydrogen-bond acceptors (Lipinski definition) is 7. The molecule has 11 heteroatoms. The molecule has 1 N–H and O–H groups in total. The summed E-state index contributed by atoms with van der Waals surface area (Å²) in [6.45, 7) is 3.34. The predicted octanol–water partition coefficient (Wildman–Crippen LogP) is 4.70. The fraction of sp³-hybridized carbons (Fsp3) is 0.308. The molecule has 4 rings (SSSR count). The van der Waals surface area contributed by atoms with E-state index in [0.717, 1.165) is 54.7 Å². The average molecular weight is 605 g/mol. The number of hydrazine groups is 1. The lowest BCUT2D eigenvalue weighted by atomic mass is 10.1. The SMILES string of the molecule is COc1cc(/C=C2/SC(=S)N(NC(=O)c3ccc(C)cc3)C2=O)cc(Br)c1OCC(=O)N1CCCCC1. The Kier molecular flexibility index (Phi) is 8.88. The molecule has 3 amide bonds. The van der Waals surface area contributed by atoms with Crippen molar-refractivity contribution < 1.29 is 23.9 Å². The van der Waals surface area contributed by atoms with Crippen molar-refractivity contribution in [1.29, 1.82) is 0 Å². The molecule has 37 heavy (non-hydrogen) atoms. The van der Waals surface area contributed by atoms with E-state index in [9.17, 15) is 14.4 Å². The molecule has 2 aromatic carbocycles. The molecule has 2 aliphatic heterocycles. The monoisotopic (exact) mass is 603 g/mol. The number of carbonyl (C=O) groups is 3. The van der Waals surface area contributed by atoms with Crippen LogP contribution in [-0.4, -0.2) is 58.8 Å². The molecule has 194 valence electrons. The molecule has 2 aliphatic rings. The van der Waals surface area contributed by atoms with Crippen LogP contribution in [0.25, 0.3) is 6.08 Å². The van der Waals surface area contributed by atoms with Gasteiger partial charge in [-0.1, -0.05) is 29.5 Å². The molecular formula is C26H26BrN3O5S2. The Morgan fingerprint density at radius 1 is 1.16 bits per heavy atom. The summed E-state index contributed by atoms with van der Waals surface area (Å²) in [7, 11) is 1.50. The Morgan fingerprint density at radius 3 is 2.54 bits per heavy atom. The van der Waals surface area contributed by atoms with Gasteiger partial charge >= 0.3 is 0 Å². The number of piperidine rings is 1. The van der Waals surface area contributed by atoms with Crippen molar-refractivity contribution in [3.05, 3.63) is 62.5 Å². The summed E-state index contributed by atoms with van der Waals surface area (Å²) in [5.74, 6) is -0.104. The van der Waals surface area contributed by atoms with Crippen molar-refractivity contribution in [2.75, 3.05) is 26.8 Å². The highest BCUT2D eigenvalue weighted by Crippen LogP contribution is 2.39. The minimum absolute atomic E-state index is 0.0610. The van der Waals surface area contributed by atoms with Crippen molar-refractivity contribution >= 4 is 68.0 Å². The van der Waals surface area contributed by atoms with Crippen molar-refractivity contribution in [2.45, 2.75) is 26.2 Å². The van der Waals surface area contributed by atoms with Crippen LogP contribution in [0, 0.1) is 6.92 Å². The number of likely N-dealkylation sites (tertiary alicyclic amines) is 1. The van der Waals surface area contributed by atoms with Gasteiger partial charge in [0.05, 0.1) is 16.5 Å². The van der Waals surface area contributed by atoms with Gasteiger partial charge in [-0.15, -0.1) is 0 Å². The molecule has 2 aromatic rings. The molecule has 0 aliphatic carbocycles. The summed E-state index contributed by atoms with van der Waals surface area (Å²) in [6, 6.07) is 10.5. The molecule has 0 radical (unpaired) electrons. The molecule has 0 bridgehead atoms. The normalized spacial score (nSPS) is 16.8. The Hall–Kier alpha value is -2.89. The van der Waals surface area contributed by atoms with E-state index in [4.69, 9.17) is 21.7 Å². The summed E-state index contributed by atoms with van der Waals surface area (Å²) in [6.07, 6.45) is 4.82. The number of carbonyl (C=O) groups excluding carboxylic acids is 3. The van der Waals surface area contributed by atoms with Crippen LogP contribution in [0.15, 0.2) is 45.8 Å². The Bertz CT molecular complexity index is 1260. The highest BCUT2D eigenvalue weighted by atomic mass is 79.9. The maximum Gasteiger partial charge on any atom is 0.285 e. The quantitative estimate of drug-likeness (QED) is 0.362. The van der Waals surface area contributed by atoms with E-state index in [-0.39, 0.29) is 16.8 Å². The summed E-state index contributed by atoms with van der Waals surface area (Å²) in [5, 5.41) is 1.07. The van der Waals surface area contributed by atoms with Gasteiger partial charge in [0.15, 0.2) is 22.4 Å². The number of thioether (sulfide) groups is 1. The molecule has 0 unspecified atom stereocenters. The number of amides is 3. The van der Waals surface area contributed by atoms with Crippen LogP contribution in [0.1, 0.15) is 40.7 Å². The van der Waals surface area contributed by atoms with E-state index in [2.05, 4.69) is 21.4 Å². The van der Waals surface area contributed by atoms with E-state index in [1.807, 2.05) is 24.0 Å². The first-order chi connectivity index (χ1) is 17.8. The van der Waals surface area contributed by atoms with Crippen LogP contribution in [0.4, 0.5) is 0 Å². The first kappa shape index (κ1) is 27.2. The van der Waals surface area contributed by atoms with Crippen LogP contribution in [0.5, 0.6) is 11.5 Å². The Balaban J connectivity index is 1.46. The number of hydrogen-bond donors (Lipinski definition) is 1. The van der Waals surface area contributed by atoms with Gasteiger partial charge in [0.1, 0.15) is 0 Å². The molecular weight excluding hydrogens is 578 g/mol. The van der Waals surface area contributed by atoms with Crippen LogP contribution in [0.3, 0.4) is 0 Å². The summed E-state index contributed by atoms with van der Waals surface area (Å²) >= 11 is 9.91. The van der Waals surface area contributed by atoms with Crippen molar-refractivity contribution in [3.63, 3.8) is 0 Å². The van der Waals surface area contributed by atoms with Gasteiger partial charge in [0.2, 0.25) is 0 Å². The predicted molar refractivity (Wildman–Crippen MR) is 150 cm³/mol. The maximum absolute atomic E-state index is 13.0. The zero-order chi connectivity index (χ0) is 26.5. The van der Waals surface area contributed by atoms with Gasteiger partial charge < -0.3 is 14.4 Å². The van der Waals surface area contributed by atoms with Gasteiger partial charge in [-0.25, -0.2) is 0 Å². The van der Waals surface area contributed by atoms with E-state index in [1.54, 1.807) is 30.3 Å². The summed E-state index contributed by atoms with van der Waals surface area (Å²) < 4.78 is 12.1. The maximum atomic E-state index is 13.0. The third kappa shape index (κ3) is 6.52.